The van der Waals surface area contributed by atoms with Crippen LogP contribution in [0.1, 0.15) is 52.9 Å². The Morgan fingerprint density at radius 2 is 1.24 bits per heavy atom. The van der Waals surface area contributed by atoms with Crippen LogP contribution in [0.2, 0.25) is 0 Å². The van der Waals surface area contributed by atoms with Gasteiger partial charge in [0.15, 0.2) is 0 Å². The fourth-order valence-electron chi connectivity index (χ4n) is 2.26. The van der Waals surface area contributed by atoms with E-state index in [9.17, 15) is 14.4 Å². The van der Waals surface area contributed by atoms with Crippen molar-refractivity contribution in [2.75, 3.05) is 0 Å². The van der Waals surface area contributed by atoms with Crippen LogP contribution >= 0.6 is 0 Å². The van der Waals surface area contributed by atoms with E-state index in [1.807, 2.05) is 20.8 Å². The highest BCUT2D eigenvalue weighted by Gasteiger charge is 2.18. The molecule has 21 heavy (non-hydrogen) atoms. The Hall–Kier alpha value is -1.86. The second-order valence-corrected chi connectivity index (χ2v) is 5.37. The van der Waals surface area contributed by atoms with E-state index in [0.717, 1.165) is 32.1 Å². The summed E-state index contributed by atoms with van der Waals surface area (Å²) < 4.78 is 0. The molecule has 0 spiro atoms. The number of hydrogen-bond acceptors (Lipinski definition) is 6. The summed E-state index contributed by atoms with van der Waals surface area (Å²) in [5, 5.41) is 0. The zero-order valence-electron chi connectivity index (χ0n) is 12.9. The molecule has 0 bridgehead atoms. The first-order valence-corrected chi connectivity index (χ1v) is 7.26. The van der Waals surface area contributed by atoms with E-state index in [1.54, 1.807) is 18.2 Å². The highest BCUT2D eigenvalue weighted by Crippen LogP contribution is 2.23. The molecule has 6 heteroatoms. The van der Waals surface area contributed by atoms with Crippen LogP contribution in [0, 0.1) is 5.92 Å². The quantitative estimate of drug-likeness (QED) is 0.433. The third-order valence-electron chi connectivity index (χ3n) is 3.64. The van der Waals surface area contributed by atoms with Gasteiger partial charge in [-0.1, -0.05) is 6.42 Å². The van der Waals surface area contributed by atoms with Gasteiger partial charge in [-0.3, -0.25) is 0 Å². The molecule has 0 fully saturated rings. The molecule has 0 saturated heterocycles. The maximum Gasteiger partial charge on any atom is 0.235 e. The van der Waals surface area contributed by atoms with Crippen molar-refractivity contribution in [3.8, 4) is 0 Å². The minimum absolute atomic E-state index is 0.0355. The zero-order chi connectivity index (χ0) is 16.1. The third-order valence-corrected chi connectivity index (χ3v) is 3.64. The smallest absolute Gasteiger partial charge is 0.211 e. The first-order valence-electron chi connectivity index (χ1n) is 7.26. The first kappa shape index (κ1) is 19.1. The van der Waals surface area contributed by atoms with Crippen molar-refractivity contribution < 1.29 is 14.4 Å². The fourth-order valence-corrected chi connectivity index (χ4v) is 2.26. The Morgan fingerprint density at radius 1 is 0.714 bits per heavy atom. The molecule has 4 unspecified atom stereocenters. The lowest BCUT2D eigenvalue weighted by Crippen LogP contribution is -2.17. The van der Waals surface area contributed by atoms with E-state index in [2.05, 4.69) is 15.0 Å². The predicted molar refractivity (Wildman–Crippen MR) is 79.3 cm³/mol. The molecular formula is C15H23N3O3. The van der Waals surface area contributed by atoms with Gasteiger partial charge in [-0.2, -0.15) is 0 Å². The monoisotopic (exact) mass is 293 g/mol. The zero-order valence-corrected chi connectivity index (χ0v) is 12.9. The van der Waals surface area contributed by atoms with Gasteiger partial charge in [0.1, 0.15) is 0 Å². The highest BCUT2D eigenvalue weighted by atomic mass is 16.1. The van der Waals surface area contributed by atoms with Gasteiger partial charge in [-0.25, -0.2) is 29.4 Å². The molecule has 0 rings (SSSR count). The molecule has 0 N–H and O–H groups in total. The Labute approximate surface area is 125 Å². The third kappa shape index (κ3) is 9.64. The van der Waals surface area contributed by atoms with E-state index >= 15 is 0 Å². The molecule has 0 radical (unpaired) electrons. The van der Waals surface area contributed by atoms with Crippen LogP contribution in [-0.4, -0.2) is 36.4 Å². The average molecular weight is 293 g/mol. The molecule has 0 aliphatic rings. The molecular weight excluding hydrogens is 270 g/mol. The number of nitrogens with zero attached hydrogens (tertiary/aromatic N) is 3. The van der Waals surface area contributed by atoms with Crippen molar-refractivity contribution in [3.63, 3.8) is 0 Å². The van der Waals surface area contributed by atoms with Crippen molar-refractivity contribution in [1.82, 2.24) is 0 Å². The molecule has 0 aliphatic heterocycles. The molecule has 0 aromatic carbocycles. The van der Waals surface area contributed by atoms with Crippen LogP contribution in [-0.2, 0) is 14.4 Å². The van der Waals surface area contributed by atoms with Crippen molar-refractivity contribution in [2.24, 2.45) is 20.9 Å². The minimum Gasteiger partial charge on any atom is -0.211 e. The van der Waals surface area contributed by atoms with E-state index in [0.29, 0.717) is 0 Å². The average Bonchev–Trinajstić information content (AvgIpc) is 2.43. The van der Waals surface area contributed by atoms with Gasteiger partial charge in [0.2, 0.25) is 18.2 Å². The van der Waals surface area contributed by atoms with Crippen LogP contribution < -0.4 is 0 Å². The number of aliphatic imine (C=N–C) groups is 3. The molecule has 0 aliphatic carbocycles. The SMILES string of the molecule is CC(CCCC(CCC(C)N=C=O)C(C)N=C=O)N=C=O. The summed E-state index contributed by atoms with van der Waals surface area (Å²) in [4.78, 5) is 41.9. The Morgan fingerprint density at radius 3 is 1.76 bits per heavy atom. The summed E-state index contributed by atoms with van der Waals surface area (Å²) in [7, 11) is 0. The summed E-state index contributed by atoms with van der Waals surface area (Å²) in [6, 6.07) is -0.220. The first-order chi connectivity index (χ1) is 10.0. The normalized spacial score (nSPS) is 15.6. The topological polar surface area (TPSA) is 88.3 Å². The molecule has 4 atom stereocenters. The van der Waals surface area contributed by atoms with Crippen LogP contribution in [0.4, 0.5) is 0 Å². The Balaban J connectivity index is 4.42. The lowest BCUT2D eigenvalue weighted by atomic mass is 9.89. The van der Waals surface area contributed by atoms with Crippen LogP contribution in [0.15, 0.2) is 15.0 Å². The van der Waals surface area contributed by atoms with E-state index < -0.39 is 0 Å². The molecule has 0 amide bonds. The second kappa shape index (κ2) is 11.9. The van der Waals surface area contributed by atoms with E-state index in [1.165, 1.54) is 0 Å². The fraction of sp³-hybridized carbons (Fsp3) is 0.800. The predicted octanol–water partition coefficient (Wildman–Crippen LogP) is 2.73. The summed E-state index contributed by atoms with van der Waals surface area (Å²) in [5.74, 6) is 0.225. The molecule has 0 aromatic heterocycles. The number of isocyanates is 3. The number of rotatable bonds is 11. The maximum absolute atomic E-state index is 10.4. The van der Waals surface area contributed by atoms with Gasteiger partial charge in [0, 0.05) is 0 Å². The van der Waals surface area contributed by atoms with Crippen LogP contribution in [0.5, 0.6) is 0 Å². The number of carbonyl (C=O) groups excluding carboxylic acids is 3. The molecule has 0 aromatic rings. The lowest BCUT2D eigenvalue weighted by molar-refractivity contribution is 0.351. The van der Waals surface area contributed by atoms with Crippen molar-refractivity contribution in [3.05, 3.63) is 0 Å². The largest absolute Gasteiger partial charge is 0.235 e. The van der Waals surface area contributed by atoms with Crippen molar-refractivity contribution >= 4 is 18.2 Å². The van der Waals surface area contributed by atoms with Crippen LogP contribution in [0.25, 0.3) is 0 Å². The van der Waals surface area contributed by atoms with E-state index in [4.69, 9.17) is 0 Å². The Kier molecular flexibility index (Phi) is 10.9. The van der Waals surface area contributed by atoms with Crippen molar-refractivity contribution in [1.29, 1.82) is 0 Å². The second-order valence-electron chi connectivity index (χ2n) is 5.37. The standard InChI is InChI=1S/C15H23N3O3/c1-12(16-9-19)5-4-6-15(14(3)18-11-21)8-7-13(2)17-10-20/h12-15H,4-8H2,1-3H3. The minimum atomic E-state index is -0.111. The van der Waals surface area contributed by atoms with Crippen LogP contribution in [0.3, 0.4) is 0 Å². The molecule has 6 nitrogen and oxygen atoms in total. The lowest BCUT2D eigenvalue weighted by Gasteiger charge is -2.21. The molecule has 0 heterocycles. The van der Waals surface area contributed by atoms with Gasteiger partial charge in [-0.15, -0.1) is 0 Å². The van der Waals surface area contributed by atoms with Gasteiger partial charge in [0.05, 0.1) is 18.1 Å². The highest BCUT2D eigenvalue weighted by molar-refractivity contribution is 5.34. The van der Waals surface area contributed by atoms with E-state index in [-0.39, 0.29) is 24.0 Å². The summed E-state index contributed by atoms with van der Waals surface area (Å²) in [5.41, 5.74) is 0. The molecule has 0 saturated carbocycles. The maximum atomic E-state index is 10.4. The molecule has 116 valence electrons. The van der Waals surface area contributed by atoms with Gasteiger partial charge >= 0.3 is 0 Å². The number of hydrogen-bond donors (Lipinski definition) is 0. The van der Waals surface area contributed by atoms with Gasteiger partial charge < -0.3 is 0 Å². The summed E-state index contributed by atoms with van der Waals surface area (Å²) in [6.07, 6.45) is 8.86. The summed E-state index contributed by atoms with van der Waals surface area (Å²) in [6.45, 7) is 5.61. The van der Waals surface area contributed by atoms with Gasteiger partial charge in [0.25, 0.3) is 0 Å². The van der Waals surface area contributed by atoms with Gasteiger partial charge in [-0.05, 0) is 52.4 Å². The summed E-state index contributed by atoms with van der Waals surface area (Å²) >= 11 is 0. The Bertz CT molecular complexity index is 433. The van der Waals surface area contributed by atoms with Crippen molar-refractivity contribution in [2.45, 2.75) is 71.0 Å².